The highest BCUT2D eigenvalue weighted by atomic mass is 15.2. The highest BCUT2D eigenvalue weighted by Crippen LogP contribution is 2.63. The molecule has 0 bridgehead atoms. The fourth-order valence-corrected chi connectivity index (χ4v) is 22.6. The van der Waals surface area contributed by atoms with E-state index < -0.39 is 10.8 Å². The molecule has 23 aromatic carbocycles. The van der Waals surface area contributed by atoms with Crippen molar-refractivity contribution >= 4 is 77.2 Å². The van der Waals surface area contributed by atoms with E-state index in [1.54, 1.807) is 0 Å². The quantitative estimate of drug-likeness (QED) is 0.0790. The maximum atomic E-state index is 2.58. The average molecular weight is 1700 g/mol. The lowest BCUT2D eigenvalue weighted by Gasteiger charge is -2.35. The van der Waals surface area contributed by atoms with Crippen molar-refractivity contribution in [1.82, 2.24) is 0 Å². The monoisotopic (exact) mass is 1700 g/mol. The molecule has 0 fully saturated rings. The second-order valence-electron chi connectivity index (χ2n) is 35.5. The van der Waals surface area contributed by atoms with Gasteiger partial charge in [-0.2, -0.15) is 0 Å². The Morgan fingerprint density at radius 3 is 0.978 bits per heavy atom. The minimum atomic E-state index is -0.593. The molecule has 0 saturated carbocycles. The van der Waals surface area contributed by atoms with E-state index in [2.05, 4.69) is 544 Å². The van der Waals surface area contributed by atoms with Crippen molar-refractivity contribution < 1.29 is 0 Å². The van der Waals surface area contributed by atoms with Gasteiger partial charge in [-0.3, -0.25) is 0 Å². The SMILES string of the molecule is c1ccc(-c2cccc(-c3c(N(c4ccc(-c5cc(-c6cccc(-c7cccc(-c8ccc(-c9c(N(c%10ccccc%10)c%10cccc%11c%10-c%10ccccc%10C%11(c%10ccccc%10)c%10ccccc%10)c%10ccccc%10c%10ccccc9%10)cc8)c7)c6)ccc5-c5ccccc5)cc4)c4ccc5c(c4)-c4ccccc4C5(c4ccccc4)c4ccccc4)c4ccccc4c4ccccc34)c2)cc1. The summed E-state index contributed by atoms with van der Waals surface area (Å²) in [4.78, 5) is 5.15. The molecule has 0 atom stereocenters. The average Bonchev–Trinajstić information content (AvgIpc) is 1.51. The van der Waals surface area contributed by atoms with Gasteiger partial charge in [0.15, 0.2) is 0 Å². The number of hydrogen-bond acceptors (Lipinski definition) is 2. The molecule has 0 N–H and O–H groups in total. The first-order valence-electron chi connectivity index (χ1n) is 46.5. The number of fused-ring (bicyclic) bond motifs is 12. The van der Waals surface area contributed by atoms with Gasteiger partial charge in [0.2, 0.25) is 0 Å². The Kier molecular flexibility index (Phi) is 19.4. The van der Waals surface area contributed by atoms with Crippen molar-refractivity contribution in [2.75, 3.05) is 9.80 Å². The summed E-state index contributed by atoms with van der Waals surface area (Å²) in [6, 6.07) is 199. The smallest absolute Gasteiger partial charge is 0.0714 e. The maximum Gasteiger partial charge on any atom is 0.0714 e. The van der Waals surface area contributed by atoms with Gasteiger partial charge in [0.25, 0.3) is 0 Å². The number of nitrogens with zero attached hydrogens (tertiary/aromatic N) is 2. The molecule has 0 spiro atoms. The Labute approximate surface area is 781 Å². The summed E-state index contributed by atoms with van der Waals surface area (Å²) in [5.41, 5.74) is 38.5. The van der Waals surface area contributed by atoms with Crippen molar-refractivity contribution in [2.24, 2.45) is 0 Å². The second-order valence-corrected chi connectivity index (χ2v) is 35.5. The summed E-state index contributed by atoms with van der Waals surface area (Å²) in [6.07, 6.45) is 0. The van der Waals surface area contributed by atoms with Crippen LogP contribution in [-0.2, 0) is 10.8 Å². The van der Waals surface area contributed by atoms with Crippen molar-refractivity contribution in [3.05, 3.63) is 578 Å². The number of rotatable bonds is 18. The van der Waals surface area contributed by atoms with Gasteiger partial charge in [-0.05, 0) is 238 Å². The van der Waals surface area contributed by atoms with E-state index in [9.17, 15) is 0 Å². The minimum Gasteiger partial charge on any atom is -0.309 e. The predicted octanol–water partition coefficient (Wildman–Crippen LogP) is 35.3. The summed E-state index contributed by atoms with van der Waals surface area (Å²) in [7, 11) is 0. The predicted molar refractivity (Wildman–Crippen MR) is 564 cm³/mol. The van der Waals surface area contributed by atoms with E-state index in [1.807, 2.05) is 0 Å². The molecule has 0 saturated heterocycles. The molecule has 2 heteroatoms. The molecule has 0 aliphatic heterocycles. The highest BCUT2D eigenvalue weighted by molar-refractivity contribution is 6.25. The molecule has 134 heavy (non-hydrogen) atoms. The standard InChI is InChI=1S/C132H88N2/c1-8-38-89(39-9-1)95-43-36-47-100(86-95)127-115-64-27-23-59-110(115)111-60-24-28-65-116(111)129(127)133(107-81-83-123-120(88-107)113-62-30-32-68-121(113)131(123,101-48-12-3-13-49-101)102-50-14-4-15-51-102)106-79-76-92(77-80-106)119-87-99(78-82-108(119)91-40-10-2-11-41-91)98-46-35-45-97(85-98)96-44-34-42-94(84-96)90-72-74-93(75-73-90)126-114-63-26-22-58-109(114)112-61-25-29-66-117(112)130(126)134(105-56-20-7-21-57-105)125-71-37-70-124-128(125)118-67-31-33-69-122(118)132(124,103-52-16-5-17-53-103)104-54-18-6-19-55-104/h1-88H. The van der Waals surface area contributed by atoms with Crippen LogP contribution in [0.4, 0.5) is 34.1 Å². The van der Waals surface area contributed by atoms with Gasteiger partial charge in [-0.25, -0.2) is 0 Å². The van der Waals surface area contributed by atoms with Crippen LogP contribution < -0.4 is 9.80 Å². The van der Waals surface area contributed by atoms with Crippen molar-refractivity contribution in [3.8, 4) is 111 Å². The molecule has 626 valence electrons. The third-order valence-corrected chi connectivity index (χ3v) is 28.4. The minimum absolute atomic E-state index is 0.577. The Bertz CT molecular complexity index is 8360. The molecule has 2 aliphatic rings. The number of anilines is 6. The number of para-hydroxylation sites is 1. The van der Waals surface area contributed by atoms with E-state index in [-0.39, 0.29) is 0 Å². The Morgan fingerprint density at radius 1 is 0.134 bits per heavy atom. The van der Waals surface area contributed by atoms with Gasteiger partial charge in [0, 0.05) is 44.5 Å². The third kappa shape index (κ3) is 12.9. The first-order chi connectivity index (χ1) is 66.5. The lowest BCUT2D eigenvalue weighted by molar-refractivity contribution is 0.768. The normalized spacial score (nSPS) is 12.6. The topological polar surface area (TPSA) is 6.48 Å². The Hall–Kier alpha value is -17.3. The molecule has 25 rings (SSSR count). The van der Waals surface area contributed by atoms with Crippen molar-refractivity contribution in [3.63, 3.8) is 0 Å². The molecule has 23 aromatic rings. The van der Waals surface area contributed by atoms with Crippen LogP contribution in [-0.4, -0.2) is 0 Å². The fourth-order valence-electron chi connectivity index (χ4n) is 22.6. The zero-order valence-corrected chi connectivity index (χ0v) is 73.7. The van der Waals surface area contributed by atoms with Crippen molar-refractivity contribution in [1.29, 1.82) is 0 Å². The van der Waals surface area contributed by atoms with Gasteiger partial charge in [0.1, 0.15) is 0 Å². The fraction of sp³-hybridized carbons (Fsp3) is 0.0152. The van der Waals surface area contributed by atoms with Crippen LogP contribution in [0.2, 0.25) is 0 Å². The zero-order chi connectivity index (χ0) is 88.6. The molecule has 0 heterocycles. The van der Waals surface area contributed by atoms with Crippen LogP contribution in [0.15, 0.2) is 534 Å². The summed E-state index contributed by atoms with van der Waals surface area (Å²) >= 11 is 0. The molecular formula is C132H88N2. The lowest BCUT2D eigenvalue weighted by Crippen LogP contribution is -2.28. The van der Waals surface area contributed by atoms with Crippen LogP contribution in [0.25, 0.3) is 154 Å². The molecule has 0 radical (unpaired) electrons. The Balaban J connectivity index is 0.605. The van der Waals surface area contributed by atoms with E-state index in [0.717, 1.165) is 117 Å². The van der Waals surface area contributed by atoms with E-state index >= 15 is 0 Å². The molecule has 0 aromatic heterocycles. The first kappa shape index (κ1) is 78.9. The number of benzene rings is 23. The first-order valence-corrected chi connectivity index (χ1v) is 46.5. The van der Waals surface area contributed by atoms with Crippen LogP contribution in [0.1, 0.15) is 44.5 Å². The van der Waals surface area contributed by atoms with Crippen LogP contribution >= 0.6 is 0 Å². The van der Waals surface area contributed by atoms with E-state index in [4.69, 9.17) is 0 Å². The molecule has 2 aliphatic carbocycles. The highest BCUT2D eigenvalue weighted by Gasteiger charge is 2.49. The van der Waals surface area contributed by atoms with Gasteiger partial charge in [0.05, 0.1) is 27.9 Å². The summed E-state index contributed by atoms with van der Waals surface area (Å²) < 4.78 is 0. The maximum absolute atomic E-state index is 2.58. The molecule has 2 nitrogen and oxygen atoms in total. The summed E-state index contributed by atoms with van der Waals surface area (Å²) in [5, 5.41) is 9.50. The van der Waals surface area contributed by atoms with Crippen molar-refractivity contribution in [2.45, 2.75) is 10.8 Å². The van der Waals surface area contributed by atoms with Crippen LogP contribution in [0.5, 0.6) is 0 Å². The molecular weight excluding hydrogens is 1610 g/mol. The van der Waals surface area contributed by atoms with Gasteiger partial charge in [-0.15, -0.1) is 0 Å². The third-order valence-electron chi connectivity index (χ3n) is 28.4. The van der Waals surface area contributed by atoms with Gasteiger partial charge >= 0.3 is 0 Å². The lowest BCUT2D eigenvalue weighted by atomic mass is 9.68. The zero-order valence-electron chi connectivity index (χ0n) is 73.7. The van der Waals surface area contributed by atoms with E-state index in [0.29, 0.717) is 0 Å². The van der Waals surface area contributed by atoms with Crippen LogP contribution in [0.3, 0.4) is 0 Å². The summed E-state index contributed by atoms with van der Waals surface area (Å²) in [5.74, 6) is 0. The van der Waals surface area contributed by atoms with Crippen LogP contribution in [0, 0.1) is 0 Å². The number of hydrogen-bond donors (Lipinski definition) is 0. The second kappa shape index (κ2) is 33.0. The molecule has 0 amide bonds. The van der Waals surface area contributed by atoms with Gasteiger partial charge < -0.3 is 9.80 Å². The molecule has 0 unspecified atom stereocenters. The van der Waals surface area contributed by atoms with E-state index in [1.165, 1.54) is 116 Å². The summed E-state index contributed by atoms with van der Waals surface area (Å²) in [6.45, 7) is 0. The Morgan fingerprint density at radius 2 is 0.448 bits per heavy atom. The van der Waals surface area contributed by atoms with Gasteiger partial charge in [-0.1, -0.05) is 467 Å². The largest absolute Gasteiger partial charge is 0.309 e.